The average molecular weight is 443 g/mol. The molecular weight excluding hydrogens is 411 g/mol. The van der Waals surface area contributed by atoms with Crippen molar-refractivity contribution in [3.05, 3.63) is 38.3 Å². The number of nitrogens with zero attached hydrogens (tertiary/aromatic N) is 5. The number of nitriles is 1. The monoisotopic (exact) mass is 442 g/mol. The number of rotatable bonds is 7. The molecule has 2 heterocycles. The molecule has 2 N–H and O–H groups in total. The fourth-order valence-corrected chi connectivity index (χ4v) is 5.16. The molecule has 1 saturated carbocycles. The Labute approximate surface area is 186 Å². The van der Waals surface area contributed by atoms with Crippen LogP contribution < -0.4 is 22.0 Å². The fraction of sp³-hybridized carbons (Fsp3) is 0.609. The Balaban J connectivity index is 1.74. The summed E-state index contributed by atoms with van der Waals surface area (Å²) >= 11 is 0. The van der Waals surface area contributed by atoms with Crippen LogP contribution in [0.2, 0.25) is 0 Å². The topological polar surface area (TPSA) is 100 Å². The summed E-state index contributed by atoms with van der Waals surface area (Å²) < 4.78 is 17.5. The lowest BCUT2D eigenvalue weighted by Gasteiger charge is -2.32. The molecule has 2 aromatic rings. The fourth-order valence-electron chi connectivity index (χ4n) is 5.16. The predicted molar refractivity (Wildman–Crippen MR) is 123 cm³/mol. The van der Waals surface area contributed by atoms with Gasteiger partial charge in [-0.15, -0.1) is 0 Å². The van der Waals surface area contributed by atoms with Gasteiger partial charge in [-0.25, -0.2) is 9.18 Å². The molecule has 2 aliphatic rings. The lowest BCUT2D eigenvalue weighted by atomic mass is 9.89. The quantitative estimate of drug-likeness (QED) is 0.659. The summed E-state index contributed by atoms with van der Waals surface area (Å²) in [4.78, 5) is 29.7. The normalized spacial score (nSPS) is 20.9. The Morgan fingerprint density at radius 2 is 2.09 bits per heavy atom. The highest BCUT2D eigenvalue weighted by Gasteiger charge is 2.38. The minimum Gasteiger partial charge on any atom is -0.368 e. The summed E-state index contributed by atoms with van der Waals surface area (Å²) in [6, 6.07) is 3.44. The zero-order valence-corrected chi connectivity index (χ0v) is 19.0. The van der Waals surface area contributed by atoms with Crippen molar-refractivity contribution in [2.45, 2.75) is 52.5 Å². The molecule has 172 valence electrons. The maximum absolute atomic E-state index is 15.4. The summed E-state index contributed by atoms with van der Waals surface area (Å²) in [5.74, 6) is 5.25. The van der Waals surface area contributed by atoms with Crippen LogP contribution in [-0.2, 0) is 0 Å². The van der Waals surface area contributed by atoms with Crippen LogP contribution in [0.25, 0.3) is 10.9 Å². The van der Waals surface area contributed by atoms with Crippen LogP contribution in [0.3, 0.4) is 0 Å². The molecule has 0 bridgehead atoms. The Hall–Kier alpha value is -2.86. The number of aryl methyl sites for hydroxylation is 1. The molecule has 1 saturated heterocycles. The number of fused-ring (bicyclic) bond motifs is 1. The molecule has 4 rings (SSSR count). The van der Waals surface area contributed by atoms with Crippen LogP contribution in [-0.4, -0.2) is 46.9 Å². The lowest BCUT2D eigenvalue weighted by molar-refractivity contribution is 0.189. The second-order valence-electron chi connectivity index (χ2n) is 9.55. The summed E-state index contributed by atoms with van der Waals surface area (Å²) in [5.41, 5.74) is 0.312. The molecule has 1 aromatic carbocycles. The van der Waals surface area contributed by atoms with Gasteiger partial charge in [0, 0.05) is 44.2 Å². The number of aromatic nitrogens is 2. The van der Waals surface area contributed by atoms with Crippen LogP contribution >= 0.6 is 0 Å². The van der Waals surface area contributed by atoms with Crippen molar-refractivity contribution in [2.75, 3.05) is 43.5 Å². The van der Waals surface area contributed by atoms with E-state index >= 15 is 4.39 Å². The number of halogens is 1. The van der Waals surface area contributed by atoms with Gasteiger partial charge >= 0.3 is 5.69 Å². The zero-order chi connectivity index (χ0) is 23.2. The maximum Gasteiger partial charge on any atom is 0.350 e. The summed E-state index contributed by atoms with van der Waals surface area (Å²) in [7, 11) is 0. The van der Waals surface area contributed by atoms with E-state index < -0.39 is 17.1 Å². The third-order valence-electron chi connectivity index (χ3n) is 6.94. The van der Waals surface area contributed by atoms with Crippen LogP contribution in [0.15, 0.2) is 15.7 Å². The SMILES string of the molecule is CCN(CCC#N)CC1(C)CCN(c2c(F)cc3c(=O)n(N)c(=O)n(C4CC4)c3c2C)C1. The van der Waals surface area contributed by atoms with Crippen LogP contribution in [0, 0.1) is 29.5 Å². The predicted octanol–water partition coefficient (Wildman–Crippen LogP) is 2.11. The molecular formula is C23H31FN6O2. The highest BCUT2D eigenvalue weighted by molar-refractivity contribution is 5.87. The third-order valence-corrected chi connectivity index (χ3v) is 6.94. The molecule has 0 radical (unpaired) electrons. The molecule has 1 atom stereocenters. The molecule has 1 unspecified atom stereocenters. The van der Waals surface area contributed by atoms with Gasteiger partial charge in [-0.3, -0.25) is 9.36 Å². The first-order valence-corrected chi connectivity index (χ1v) is 11.3. The van der Waals surface area contributed by atoms with E-state index in [0.717, 1.165) is 38.9 Å². The van der Waals surface area contributed by atoms with Crippen molar-refractivity contribution in [1.29, 1.82) is 5.26 Å². The maximum atomic E-state index is 15.4. The molecule has 0 amide bonds. The molecule has 0 spiro atoms. The Bertz CT molecular complexity index is 1210. The van der Waals surface area contributed by atoms with Gasteiger partial charge in [0.25, 0.3) is 5.56 Å². The average Bonchev–Trinajstić information content (AvgIpc) is 3.52. The van der Waals surface area contributed by atoms with Gasteiger partial charge in [-0.2, -0.15) is 9.94 Å². The second kappa shape index (κ2) is 8.24. The first-order valence-electron chi connectivity index (χ1n) is 11.3. The Morgan fingerprint density at radius 1 is 1.38 bits per heavy atom. The first-order chi connectivity index (χ1) is 15.2. The highest BCUT2D eigenvalue weighted by Crippen LogP contribution is 2.41. The van der Waals surface area contributed by atoms with Crippen molar-refractivity contribution < 1.29 is 4.39 Å². The van der Waals surface area contributed by atoms with Gasteiger partial charge in [0.15, 0.2) is 0 Å². The van der Waals surface area contributed by atoms with Crippen LogP contribution in [0.1, 0.15) is 51.1 Å². The summed E-state index contributed by atoms with van der Waals surface area (Å²) in [6.07, 6.45) is 3.07. The minimum absolute atomic E-state index is 0.000461. The standard InChI is InChI=1S/C23H31FN6O2/c1-4-27(10-5-9-25)13-23(3)8-11-28(14-23)20-15(2)19-17(12-18(20)24)21(31)30(26)22(32)29(19)16-6-7-16/h12,16H,4-8,10-11,13-14,26H2,1-3H3. The Kier molecular flexibility index (Phi) is 5.76. The minimum atomic E-state index is -0.669. The van der Waals surface area contributed by atoms with Gasteiger partial charge < -0.3 is 15.6 Å². The van der Waals surface area contributed by atoms with E-state index in [9.17, 15) is 9.59 Å². The van der Waals surface area contributed by atoms with Crippen LogP contribution in [0.5, 0.6) is 0 Å². The van der Waals surface area contributed by atoms with Crippen molar-refractivity contribution in [3.8, 4) is 6.07 Å². The molecule has 2 fully saturated rings. The number of nitrogens with two attached hydrogens (primary N) is 1. The lowest BCUT2D eigenvalue weighted by Crippen LogP contribution is -2.44. The number of hydrogen-bond donors (Lipinski definition) is 1. The van der Waals surface area contributed by atoms with Gasteiger partial charge in [0.2, 0.25) is 0 Å². The molecule has 1 aliphatic carbocycles. The number of anilines is 1. The van der Waals surface area contributed by atoms with Crippen LogP contribution in [0.4, 0.5) is 10.1 Å². The van der Waals surface area contributed by atoms with Gasteiger partial charge in [0.1, 0.15) is 5.82 Å². The molecule has 8 nitrogen and oxygen atoms in total. The second-order valence-corrected chi connectivity index (χ2v) is 9.55. The van der Waals surface area contributed by atoms with E-state index in [2.05, 4.69) is 24.8 Å². The van der Waals surface area contributed by atoms with E-state index in [4.69, 9.17) is 11.1 Å². The number of nitrogen functional groups attached to an aromatic ring is 1. The van der Waals surface area contributed by atoms with Crippen molar-refractivity contribution in [2.24, 2.45) is 5.41 Å². The van der Waals surface area contributed by atoms with Gasteiger partial charge in [0.05, 0.1) is 22.7 Å². The van der Waals surface area contributed by atoms with Gasteiger partial charge in [-0.05, 0) is 44.2 Å². The van der Waals surface area contributed by atoms with E-state index in [-0.39, 0.29) is 16.8 Å². The molecule has 1 aliphatic heterocycles. The summed E-state index contributed by atoms with van der Waals surface area (Å²) in [6.45, 7) is 9.86. The van der Waals surface area contributed by atoms with E-state index in [1.807, 2.05) is 4.90 Å². The van der Waals surface area contributed by atoms with Crippen molar-refractivity contribution in [3.63, 3.8) is 0 Å². The smallest absolute Gasteiger partial charge is 0.350 e. The van der Waals surface area contributed by atoms with E-state index in [1.54, 1.807) is 11.5 Å². The molecule has 9 heteroatoms. The van der Waals surface area contributed by atoms with Crippen molar-refractivity contribution >= 4 is 16.6 Å². The number of hydrogen-bond acceptors (Lipinski definition) is 6. The first kappa shape index (κ1) is 22.3. The largest absolute Gasteiger partial charge is 0.368 e. The molecule has 1 aromatic heterocycles. The van der Waals surface area contributed by atoms with E-state index in [1.165, 1.54) is 6.07 Å². The number of benzene rings is 1. The summed E-state index contributed by atoms with van der Waals surface area (Å²) in [5, 5.41) is 9.06. The van der Waals surface area contributed by atoms with E-state index in [0.29, 0.717) is 41.0 Å². The third kappa shape index (κ3) is 3.77. The molecule has 32 heavy (non-hydrogen) atoms. The highest BCUT2D eigenvalue weighted by atomic mass is 19.1. The Morgan fingerprint density at radius 3 is 2.72 bits per heavy atom. The zero-order valence-electron chi connectivity index (χ0n) is 19.0. The van der Waals surface area contributed by atoms with Crippen molar-refractivity contribution in [1.82, 2.24) is 14.1 Å². The van der Waals surface area contributed by atoms with Gasteiger partial charge in [-0.1, -0.05) is 13.8 Å².